The van der Waals surface area contributed by atoms with Crippen LogP contribution in [0, 0.1) is 5.92 Å². The van der Waals surface area contributed by atoms with Gasteiger partial charge >= 0.3 is 6.18 Å². The highest BCUT2D eigenvalue weighted by Gasteiger charge is 2.45. The first-order valence-corrected chi connectivity index (χ1v) is 10.5. The number of sulfone groups is 1. The summed E-state index contributed by atoms with van der Waals surface area (Å²) in [7, 11) is -4.04. The van der Waals surface area contributed by atoms with E-state index < -0.39 is 37.8 Å². The average Bonchev–Trinajstić information content (AvgIpc) is 2.59. The Labute approximate surface area is 163 Å². The minimum absolute atomic E-state index is 0.287. The van der Waals surface area contributed by atoms with Crippen molar-refractivity contribution in [3.8, 4) is 0 Å². The molecule has 158 valence electrons. The van der Waals surface area contributed by atoms with Gasteiger partial charge in [-0.2, -0.15) is 13.2 Å². The molecule has 9 heteroatoms. The number of rotatable bonds is 4. The third-order valence-electron chi connectivity index (χ3n) is 5.45. The number of carbonyl (C=O) groups excluding carboxylic acids is 1. The lowest BCUT2D eigenvalue weighted by Crippen LogP contribution is -2.52. The van der Waals surface area contributed by atoms with Crippen LogP contribution in [0.4, 0.5) is 13.2 Å². The molecule has 28 heavy (non-hydrogen) atoms. The topological polar surface area (TPSA) is 74.7 Å². The first-order chi connectivity index (χ1) is 12.6. The lowest BCUT2D eigenvalue weighted by Gasteiger charge is -2.41. The maximum Gasteiger partial charge on any atom is 0.416 e. The van der Waals surface area contributed by atoms with Crippen LogP contribution in [-0.4, -0.2) is 47.8 Å². The Hall–Kier alpha value is -1.61. The van der Waals surface area contributed by atoms with Crippen LogP contribution in [0.3, 0.4) is 0 Å². The molecule has 0 atom stereocenters. The third kappa shape index (κ3) is 4.35. The Balaban J connectivity index is 2.24. The van der Waals surface area contributed by atoms with Crippen molar-refractivity contribution in [2.24, 2.45) is 5.92 Å². The molecule has 0 saturated carbocycles. The number of piperidine rings is 1. The highest BCUT2D eigenvalue weighted by atomic mass is 32.2. The summed E-state index contributed by atoms with van der Waals surface area (Å²) in [4.78, 5) is 13.3. The summed E-state index contributed by atoms with van der Waals surface area (Å²) in [6.07, 6.45) is -3.86. The van der Waals surface area contributed by atoms with Gasteiger partial charge in [0, 0.05) is 13.1 Å². The van der Waals surface area contributed by atoms with E-state index in [2.05, 4.69) is 0 Å². The summed E-state index contributed by atoms with van der Waals surface area (Å²) in [5, 5.41) is 9.85. The van der Waals surface area contributed by atoms with E-state index >= 15 is 0 Å². The molecule has 1 N–H and O–H groups in total. The van der Waals surface area contributed by atoms with Crippen LogP contribution in [-0.2, 0) is 20.8 Å². The summed E-state index contributed by atoms with van der Waals surface area (Å²) in [5.74, 6) is -0.762. The SMILES string of the molecule is CC(C)(O)C(=O)N1CCC(C(C)(C)S(=O)(=O)c2cccc(C(F)(F)F)c2)CC1. The van der Waals surface area contributed by atoms with Gasteiger partial charge in [-0.1, -0.05) is 6.07 Å². The predicted molar refractivity (Wildman–Crippen MR) is 98.3 cm³/mol. The molecule has 0 spiro atoms. The van der Waals surface area contributed by atoms with Gasteiger partial charge in [-0.3, -0.25) is 4.79 Å². The normalized spacial score (nSPS) is 17.6. The molecule has 1 fully saturated rings. The van der Waals surface area contributed by atoms with Crippen LogP contribution in [0.15, 0.2) is 29.2 Å². The van der Waals surface area contributed by atoms with Gasteiger partial charge in [0.15, 0.2) is 9.84 Å². The number of nitrogens with zero attached hydrogens (tertiary/aromatic N) is 1. The van der Waals surface area contributed by atoms with E-state index in [1.807, 2.05) is 0 Å². The number of aliphatic hydroxyl groups is 1. The van der Waals surface area contributed by atoms with Gasteiger partial charge in [-0.05, 0) is 64.7 Å². The molecule has 0 aliphatic carbocycles. The van der Waals surface area contributed by atoms with Crippen molar-refractivity contribution in [1.82, 2.24) is 4.90 Å². The quantitative estimate of drug-likeness (QED) is 0.810. The maximum absolute atomic E-state index is 13.1. The van der Waals surface area contributed by atoms with Crippen molar-refractivity contribution in [3.05, 3.63) is 29.8 Å². The Bertz CT molecular complexity index is 833. The Morgan fingerprint density at radius 1 is 1.11 bits per heavy atom. The molecule has 0 aromatic heterocycles. The van der Waals surface area contributed by atoms with Gasteiger partial charge in [-0.25, -0.2) is 8.42 Å². The number of halogens is 3. The summed E-state index contributed by atoms with van der Waals surface area (Å²) in [5.41, 5.74) is -2.51. The number of hydrogen-bond donors (Lipinski definition) is 1. The summed E-state index contributed by atoms with van der Waals surface area (Å²) >= 11 is 0. The minimum Gasteiger partial charge on any atom is -0.381 e. The number of benzene rings is 1. The second-order valence-electron chi connectivity index (χ2n) is 8.26. The lowest BCUT2D eigenvalue weighted by atomic mass is 9.85. The molecule has 1 amide bonds. The highest BCUT2D eigenvalue weighted by Crippen LogP contribution is 2.39. The Kier molecular flexibility index (Phi) is 5.94. The van der Waals surface area contributed by atoms with Gasteiger partial charge in [0.1, 0.15) is 5.60 Å². The maximum atomic E-state index is 13.1. The Morgan fingerprint density at radius 3 is 2.11 bits per heavy atom. The fourth-order valence-corrected chi connectivity index (χ4v) is 5.35. The summed E-state index contributed by atoms with van der Waals surface area (Å²) in [6.45, 7) is 6.39. The summed E-state index contributed by atoms with van der Waals surface area (Å²) in [6, 6.07) is 3.78. The van der Waals surface area contributed by atoms with Crippen molar-refractivity contribution in [2.45, 2.75) is 62.0 Å². The number of hydrogen-bond acceptors (Lipinski definition) is 4. The van der Waals surface area contributed by atoms with E-state index in [-0.39, 0.29) is 23.9 Å². The van der Waals surface area contributed by atoms with Crippen LogP contribution >= 0.6 is 0 Å². The number of likely N-dealkylation sites (tertiary alicyclic amines) is 1. The largest absolute Gasteiger partial charge is 0.416 e. The monoisotopic (exact) mass is 421 g/mol. The first-order valence-electron chi connectivity index (χ1n) is 9.02. The van der Waals surface area contributed by atoms with Gasteiger partial charge in [0.05, 0.1) is 15.2 Å². The first kappa shape index (κ1) is 22.7. The number of alkyl halides is 3. The van der Waals surface area contributed by atoms with E-state index in [0.717, 1.165) is 12.1 Å². The molecule has 0 bridgehead atoms. The van der Waals surface area contributed by atoms with E-state index in [1.54, 1.807) is 0 Å². The van der Waals surface area contributed by atoms with Crippen molar-refractivity contribution < 1.29 is 31.5 Å². The van der Waals surface area contributed by atoms with E-state index in [4.69, 9.17) is 0 Å². The smallest absolute Gasteiger partial charge is 0.381 e. The van der Waals surface area contributed by atoms with Crippen LogP contribution in [0.5, 0.6) is 0 Å². The van der Waals surface area contributed by atoms with E-state index in [0.29, 0.717) is 18.9 Å². The molecular formula is C19H26F3NO4S. The summed E-state index contributed by atoms with van der Waals surface area (Å²) < 4.78 is 63.8. The molecule has 1 saturated heterocycles. The van der Waals surface area contributed by atoms with Crippen molar-refractivity contribution >= 4 is 15.7 Å². The molecular weight excluding hydrogens is 395 g/mol. The standard InChI is InChI=1S/C19H26F3NO4S/c1-17(2,25)16(24)23-10-8-13(9-11-23)18(3,4)28(26,27)15-7-5-6-14(12-15)19(20,21)22/h5-7,12-13,25H,8-11H2,1-4H3. The van der Waals surface area contributed by atoms with E-state index in [9.17, 15) is 31.5 Å². The number of amides is 1. The van der Waals surface area contributed by atoms with Crippen molar-refractivity contribution in [2.75, 3.05) is 13.1 Å². The zero-order chi connectivity index (χ0) is 21.5. The number of carbonyl (C=O) groups is 1. The molecule has 1 aliphatic rings. The van der Waals surface area contributed by atoms with Crippen LogP contribution in [0.25, 0.3) is 0 Å². The molecule has 0 unspecified atom stereocenters. The van der Waals surface area contributed by atoms with Crippen LogP contribution in [0.1, 0.15) is 46.1 Å². The molecule has 1 aromatic rings. The highest BCUT2D eigenvalue weighted by molar-refractivity contribution is 7.92. The molecule has 1 heterocycles. The minimum atomic E-state index is -4.63. The van der Waals surface area contributed by atoms with Gasteiger partial charge in [-0.15, -0.1) is 0 Å². The third-order valence-corrected chi connectivity index (χ3v) is 8.05. The van der Waals surface area contributed by atoms with Crippen molar-refractivity contribution in [3.63, 3.8) is 0 Å². The lowest BCUT2D eigenvalue weighted by molar-refractivity contribution is -0.149. The fourth-order valence-electron chi connectivity index (χ4n) is 3.53. The molecule has 2 rings (SSSR count). The second kappa shape index (κ2) is 7.33. The van der Waals surface area contributed by atoms with Gasteiger partial charge in [0.25, 0.3) is 5.91 Å². The van der Waals surface area contributed by atoms with Gasteiger partial charge < -0.3 is 10.0 Å². The van der Waals surface area contributed by atoms with Crippen LogP contribution < -0.4 is 0 Å². The predicted octanol–water partition coefficient (Wildman–Crippen LogP) is 3.27. The zero-order valence-corrected chi connectivity index (χ0v) is 17.2. The van der Waals surface area contributed by atoms with Gasteiger partial charge in [0.2, 0.25) is 0 Å². The molecule has 5 nitrogen and oxygen atoms in total. The molecule has 1 aliphatic heterocycles. The second-order valence-corrected chi connectivity index (χ2v) is 10.8. The van der Waals surface area contributed by atoms with E-state index in [1.165, 1.54) is 38.7 Å². The zero-order valence-electron chi connectivity index (χ0n) is 16.4. The molecule has 0 radical (unpaired) electrons. The van der Waals surface area contributed by atoms with Crippen LogP contribution in [0.2, 0.25) is 0 Å². The average molecular weight is 421 g/mol. The molecule has 1 aromatic carbocycles. The van der Waals surface area contributed by atoms with Crippen molar-refractivity contribution in [1.29, 1.82) is 0 Å². The fraction of sp³-hybridized carbons (Fsp3) is 0.632. The Morgan fingerprint density at radius 2 is 1.64 bits per heavy atom.